The smallest absolute Gasteiger partial charge is 0.237 e. The zero-order chi connectivity index (χ0) is 16.3. The van der Waals surface area contributed by atoms with Gasteiger partial charge in [0, 0.05) is 18.2 Å². The van der Waals surface area contributed by atoms with Crippen molar-refractivity contribution in [2.24, 2.45) is 11.7 Å². The molecule has 1 aromatic carbocycles. The maximum Gasteiger partial charge on any atom is 0.237 e. The number of carbonyl (C=O) groups excluding carboxylic acids is 1. The minimum atomic E-state index is -0.609. The lowest BCUT2D eigenvalue weighted by molar-refractivity contribution is -0.125. The van der Waals surface area contributed by atoms with E-state index in [0.29, 0.717) is 23.8 Å². The Hall–Kier alpha value is -0.880. The van der Waals surface area contributed by atoms with E-state index in [-0.39, 0.29) is 16.8 Å². The zero-order valence-electron chi connectivity index (χ0n) is 12.2. The van der Waals surface area contributed by atoms with Crippen LogP contribution >= 0.6 is 23.2 Å². The van der Waals surface area contributed by atoms with E-state index in [4.69, 9.17) is 33.7 Å². The largest absolute Gasteiger partial charge is 0.381 e. The third kappa shape index (κ3) is 4.10. The van der Waals surface area contributed by atoms with Crippen molar-refractivity contribution >= 4 is 29.1 Å². The molecule has 3 N–H and O–H groups in total. The second-order valence-corrected chi connectivity index (χ2v) is 6.31. The van der Waals surface area contributed by atoms with Crippen LogP contribution in [0.3, 0.4) is 0 Å². The van der Waals surface area contributed by atoms with Crippen molar-refractivity contribution in [3.63, 3.8) is 0 Å². The van der Waals surface area contributed by atoms with Gasteiger partial charge in [-0.2, -0.15) is 0 Å². The Kier molecular flexibility index (Phi) is 6.03. The molecule has 0 aromatic heterocycles. The van der Waals surface area contributed by atoms with Crippen molar-refractivity contribution in [1.82, 2.24) is 5.32 Å². The third-order valence-corrected chi connectivity index (χ3v) is 4.56. The third-order valence-electron chi connectivity index (χ3n) is 3.94. The van der Waals surface area contributed by atoms with Gasteiger partial charge in [0.05, 0.1) is 17.1 Å². The molecule has 1 aromatic rings. The zero-order valence-corrected chi connectivity index (χ0v) is 13.8. The van der Waals surface area contributed by atoms with Crippen LogP contribution in [0.1, 0.15) is 31.4 Å². The number of amides is 1. The van der Waals surface area contributed by atoms with Crippen LogP contribution in [-0.4, -0.2) is 25.2 Å². The molecule has 1 aliphatic rings. The number of hydrogen-bond acceptors (Lipinski definition) is 3. The van der Waals surface area contributed by atoms with Crippen molar-refractivity contribution in [2.75, 3.05) is 13.2 Å². The number of hydrogen-bond donors (Lipinski definition) is 2. The fourth-order valence-corrected chi connectivity index (χ4v) is 3.09. The maximum atomic E-state index is 13.6. The van der Waals surface area contributed by atoms with Gasteiger partial charge in [-0.05, 0) is 43.4 Å². The van der Waals surface area contributed by atoms with Gasteiger partial charge in [0.15, 0.2) is 0 Å². The first kappa shape index (κ1) is 17.5. The van der Waals surface area contributed by atoms with Crippen LogP contribution < -0.4 is 11.1 Å². The van der Waals surface area contributed by atoms with Gasteiger partial charge in [-0.3, -0.25) is 4.79 Å². The van der Waals surface area contributed by atoms with E-state index < -0.39 is 17.9 Å². The Balaban J connectivity index is 2.03. The summed E-state index contributed by atoms with van der Waals surface area (Å²) in [6, 6.07) is 1.49. The number of benzene rings is 1. The summed E-state index contributed by atoms with van der Waals surface area (Å²) in [6.45, 7) is 2.97. The van der Waals surface area contributed by atoms with E-state index in [0.717, 1.165) is 12.8 Å². The van der Waals surface area contributed by atoms with E-state index in [2.05, 4.69) is 5.32 Å². The summed E-state index contributed by atoms with van der Waals surface area (Å²) in [5.74, 6) is -0.750. The Bertz CT molecular complexity index is 551. The van der Waals surface area contributed by atoms with E-state index in [9.17, 15) is 9.18 Å². The molecule has 2 unspecified atom stereocenters. The first-order valence-corrected chi connectivity index (χ1v) is 7.94. The average molecular weight is 349 g/mol. The summed E-state index contributed by atoms with van der Waals surface area (Å²) in [5, 5.41) is 3.04. The van der Waals surface area contributed by atoms with Gasteiger partial charge >= 0.3 is 0 Å². The second-order valence-electron chi connectivity index (χ2n) is 5.49. The quantitative estimate of drug-likeness (QED) is 0.822. The fraction of sp³-hybridized carbons (Fsp3) is 0.533. The van der Waals surface area contributed by atoms with Crippen LogP contribution in [0.15, 0.2) is 12.1 Å². The summed E-state index contributed by atoms with van der Waals surface area (Å²) >= 11 is 11.7. The molecular weight excluding hydrogens is 330 g/mol. The number of nitrogens with one attached hydrogen (secondary N) is 1. The van der Waals surface area contributed by atoms with E-state index >= 15 is 0 Å². The van der Waals surface area contributed by atoms with Gasteiger partial charge in [-0.25, -0.2) is 4.39 Å². The topological polar surface area (TPSA) is 64.4 Å². The molecule has 0 saturated carbocycles. The minimum absolute atomic E-state index is 0.0498. The number of carbonyl (C=O) groups is 1. The van der Waals surface area contributed by atoms with E-state index in [1.807, 2.05) is 0 Å². The molecule has 122 valence electrons. The fourth-order valence-electron chi connectivity index (χ4n) is 2.55. The van der Waals surface area contributed by atoms with Crippen molar-refractivity contribution in [3.8, 4) is 0 Å². The van der Waals surface area contributed by atoms with Gasteiger partial charge in [-0.1, -0.05) is 23.2 Å². The van der Waals surface area contributed by atoms with Crippen LogP contribution in [0.2, 0.25) is 10.0 Å². The van der Waals surface area contributed by atoms with Crippen LogP contribution in [-0.2, 0) is 9.53 Å². The summed E-state index contributed by atoms with van der Waals surface area (Å²) in [4.78, 5) is 12.2. The summed E-state index contributed by atoms with van der Waals surface area (Å²) < 4.78 is 18.8. The Morgan fingerprint density at radius 3 is 2.64 bits per heavy atom. The van der Waals surface area contributed by atoms with Crippen LogP contribution in [0.25, 0.3) is 0 Å². The van der Waals surface area contributed by atoms with Crippen molar-refractivity contribution in [1.29, 1.82) is 0 Å². The first-order valence-electron chi connectivity index (χ1n) is 7.18. The van der Waals surface area contributed by atoms with Gasteiger partial charge in [0.25, 0.3) is 0 Å². The van der Waals surface area contributed by atoms with Crippen molar-refractivity contribution in [2.45, 2.75) is 31.8 Å². The standard InChI is InChI=1S/C15H19Cl2FN2O2/c1-8(10-6-13(18)12(17)7-11(10)16)20-15(21)14(19)9-2-4-22-5-3-9/h6-9,14H,2-5,19H2,1H3,(H,20,21). The highest BCUT2D eigenvalue weighted by atomic mass is 35.5. The normalized spacial score (nSPS) is 18.8. The highest BCUT2D eigenvalue weighted by molar-refractivity contribution is 6.35. The van der Waals surface area contributed by atoms with Gasteiger partial charge < -0.3 is 15.8 Å². The molecule has 1 amide bonds. The Morgan fingerprint density at radius 1 is 1.36 bits per heavy atom. The maximum absolute atomic E-state index is 13.6. The van der Waals surface area contributed by atoms with Gasteiger partial charge in [0.2, 0.25) is 5.91 Å². The van der Waals surface area contributed by atoms with Gasteiger partial charge in [-0.15, -0.1) is 0 Å². The monoisotopic (exact) mass is 348 g/mol. The predicted molar refractivity (Wildman–Crippen MR) is 84.5 cm³/mol. The number of rotatable bonds is 4. The van der Waals surface area contributed by atoms with E-state index in [1.165, 1.54) is 12.1 Å². The molecule has 0 aliphatic carbocycles. The average Bonchev–Trinajstić information content (AvgIpc) is 2.50. The van der Waals surface area contributed by atoms with Crippen molar-refractivity contribution in [3.05, 3.63) is 33.6 Å². The minimum Gasteiger partial charge on any atom is -0.381 e. The SMILES string of the molecule is CC(NC(=O)C(N)C1CCOCC1)c1cc(F)c(Cl)cc1Cl. The lowest BCUT2D eigenvalue weighted by Gasteiger charge is -2.28. The molecule has 0 spiro atoms. The highest BCUT2D eigenvalue weighted by Gasteiger charge is 2.27. The first-order chi connectivity index (χ1) is 10.4. The summed E-state index contributed by atoms with van der Waals surface area (Å²) in [6.07, 6.45) is 1.53. The Labute approximate surface area is 139 Å². The number of halogens is 3. The van der Waals surface area contributed by atoms with Crippen molar-refractivity contribution < 1.29 is 13.9 Å². The molecule has 7 heteroatoms. The predicted octanol–water partition coefficient (Wildman–Crippen LogP) is 3.06. The molecule has 1 aliphatic heterocycles. The molecule has 2 atom stereocenters. The molecular formula is C15H19Cl2FN2O2. The second kappa shape index (κ2) is 7.59. The molecule has 1 saturated heterocycles. The van der Waals surface area contributed by atoms with Crippen LogP contribution in [0.4, 0.5) is 4.39 Å². The highest BCUT2D eigenvalue weighted by Crippen LogP contribution is 2.29. The molecule has 0 radical (unpaired) electrons. The molecule has 0 bridgehead atoms. The summed E-state index contributed by atoms with van der Waals surface area (Å²) in [5.41, 5.74) is 6.48. The molecule has 1 fully saturated rings. The number of ether oxygens (including phenoxy) is 1. The molecule has 22 heavy (non-hydrogen) atoms. The van der Waals surface area contributed by atoms with E-state index in [1.54, 1.807) is 6.92 Å². The summed E-state index contributed by atoms with van der Waals surface area (Å²) in [7, 11) is 0. The molecule has 2 rings (SSSR count). The molecule has 4 nitrogen and oxygen atoms in total. The molecule has 1 heterocycles. The lowest BCUT2D eigenvalue weighted by Crippen LogP contribution is -2.47. The lowest BCUT2D eigenvalue weighted by atomic mass is 9.91. The van der Waals surface area contributed by atoms with Crippen LogP contribution in [0.5, 0.6) is 0 Å². The van der Waals surface area contributed by atoms with Crippen LogP contribution in [0, 0.1) is 11.7 Å². The van der Waals surface area contributed by atoms with Gasteiger partial charge in [0.1, 0.15) is 5.82 Å². The number of nitrogens with two attached hydrogens (primary N) is 1. The Morgan fingerprint density at radius 2 is 2.00 bits per heavy atom.